The molecule has 1 heterocycles. The lowest BCUT2D eigenvalue weighted by Crippen LogP contribution is -2.29. The van der Waals surface area contributed by atoms with Crippen molar-refractivity contribution in [3.05, 3.63) is 89.0 Å². The lowest BCUT2D eigenvalue weighted by molar-refractivity contribution is 0.353. The Labute approximate surface area is 207 Å². The second kappa shape index (κ2) is 8.96. The Morgan fingerprint density at radius 2 is 1.74 bits per heavy atom. The molecule has 0 fully saturated rings. The van der Waals surface area contributed by atoms with Crippen molar-refractivity contribution in [1.82, 2.24) is 0 Å². The van der Waals surface area contributed by atoms with Gasteiger partial charge >= 0.3 is 0 Å². The van der Waals surface area contributed by atoms with E-state index >= 15 is 0 Å². The fourth-order valence-corrected chi connectivity index (χ4v) is 6.41. The summed E-state index contributed by atoms with van der Waals surface area (Å²) in [7, 11) is -0.458. The molecule has 3 atom stereocenters. The van der Waals surface area contributed by atoms with Crippen LogP contribution in [0.15, 0.2) is 71.6 Å². The Kier molecular flexibility index (Phi) is 5.97. The molecule has 2 N–H and O–H groups in total. The van der Waals surface area contributed by atoms with Gasteiger partial charge < -0.3 is 14.8 Å². The molecule has 0 bridgehead atoms. The normalized spacial score (nSPS) is 20.5. The number of methoxy groups -OCH3 is 2. The summed E-state index contributed by atoms with van der Waals surface area (Å²) in [5.41, 5.74) is 5.64. The zero-order chi connectivity index (χ0) is 24.7. The predicted octanol–water partition coefficient (Wildman–Crippen LogP) is 5.95. The van der Waals surface area contributed by atoms with E-state index in [2.05, 4.69) is 28.3 Å². The molecule has 182 valence electrons. The summed E-state index contributed by atoms with van der Waals surface area (Å²) in [5, 5.41) is 3.67. The van der Waals surface area contributed by atoms with Gasteiger partial charge in [0.15, 0.2) is 11.5 Å². The van der Waals surface area contributed by atoms with Gasteiger partial charge in [0.25, 0.3) is 10.0 Å². The molecule has 7 heteroatoms. The SMILES string of the molecule is COc1ccc([C@H]2Nc3ccc(S(=O)(=O)Nc4ccc(C)cc4C)cc3[C@H]3C=CC[C@H]32)cc1OC. The molecule has 1 aliphatic carbocycles. The number of aryl methyl sites for hydroxylation is 2. The summed E-state index contributed by atoms with van der Waals surface area (Å²) in [6.45, 7) is 3.90. The molecule has 0 unspecified atom stereocenters. The van der Waals surface area contributed by atoms with Gasteiger partial charge in [-0.15, -0.1) is 0 Å². The number of fused-ring (bicyclic) bond motifs is 3. The van der Waals surface area contributed by atoms with E-state index in [4.69, 9.17) is 9.47 Å². The van der Waals surface area contributed by atoms with E-state index in [1.807, 2.05) is 56.3 Å². The van der Waals surface area contributed by atoms with Crippen LogP contribution < -0.4 is 19.5 Å². The van der Waals surface area contributed by atoms with Crippen molar-refractivity contribution in [2.24, 2.45) is 5.92 Å². The van der Waals surface area contributed by atoms with Gasteiger partial charge in [0.1, 0.15) is 0 Å². The molecule has 2 aliphatic rings. The van der Waals surface area contributed by atoms with Crippen molar-refractivity contribution in [1.29, 1.82) is 0 Å². The largest absolute Gasteiger partial charge is 0.493 e. The Hall–Kier alpha value is -3.45. The van der Waals surface area contributed by atoms with Gasteiger partial charge in [-0.3, -0.25) is 4.72 Å². The Bertz CT molecular complexity index is 1410. The minimum Gasteiger partial charge on any atom is -0.493 e. The Balaban J connectivity index is 1.48. The molecule has 6 nitrogen and oxygen atoms in total. The molecule has 0 saturated heterocycles. The molecule has 3 aromatic carbocycles. The van der Waals surface area contributed by atoms with Gasteiger partial charge in [0.2, 0.25) is 0 Å². The monoisotopic (exact) mass is 490 g/mol. The number of rotatable bonds is 6. The number of nitrogens with one attached hydrogen (secondary N) is 2. The topological polar surface area (TPSA) is 76.7 Å². The third kappa shape index (κ3) is 4.25. The minimum atomic E-state index is -3.73. The molecule has 0 amide bonds. The van der Waals surface area contributed by atoms with E-state index in [0.29, 0.717) is 17.2 Å². The third-order valence-electron chi connectivity index (χ3n) is 7.04. The van der Waals surface area contributed by atoms with Crippen LogP contribution in [-0.4, -0.2) is 22.6 Å². The zero-order valence-corrected chi connectivity index (χ0v) is 21.1. The average molecular weight is 491 g/mol. The molecule has 3 aromatic rings. The van der Waals surface area contributed by atoms with Gasteiger partial charge in [-0.1, -0.05) is 35.9 Å². The standard InChI is InChI=1S/C28H30N2O4S/c1-17-8-11-24(18(2)14-17)30-35(31,32)20-10-12-25-23(16-20)21-6-5-7-22(21)28(29-25)19-9-13-26(33-3)27(15-19)34-4/h5-6,8-16,21-22,28-30H,7H2,1-4H3/t21-,22+,28+/m0/s1. The highest BCUT2D eigenvalue weighted by atomic mass is 32.2. The van der Waals surface area contributed by atoms with Crippen LogP contribution in [0.5, 0.6) is 11.5 Å². The maximum Gasteiger partial charge on any atom is 0.261 e. The number of benzene rings is 3. The molecular weight excluding hydrogens is 460 g/mol. The van der Waals surface area contributed by atoms with Crippen molar-refractivity contribution in [2.75, 3.05) is 24.3 Å². The molecule has 35 heavy (non-hydrogen) atoms. The highest BCUT2D eigenvalue weighted by Crippen LogP contribution is 2.51. The molecule has 5 rings (SSSR count). The smallest absolute Gasteiger partial charge is 0.261 e. The van der Waals surface area contributed by atoms with E-state index in [1.54, 1.807) is 20.3 Å². The highest BCUT2D eigenvalue weighted by molar-refractivity contribution is 7.92. The number of allylic oxidation sites excluding steroid dienone is 2. The van der Waals surface area contributed by atoms with Crippen molar-refractivity contribution in [3.63, 3.8) is 0 Å². The molecular formula is C28H30N2O4S. The van der Waals surface area contributed by atoms with Crippen LogP contribution in [0.1, 0.15) is 40.6 Å². The third-order valence-corrected chi connectivity index (χ3v) is 8.40. The van der Waals surface area contributed by atoms with Crippen LogP contribution in [0, 0.1) is 19.8 Å². The van der Waals surface area contributed by atoms with E-state index in [1.165, 1.54) is 0 Å². The molecule has 0 saturated carbocycles. The zero-order valence-electron chi connectivity index (χ0n) is 20.3. The lowest BCUT2D eigenvalue weighted by atomic mass is 9.77. The summed E-state index contributed by atoms with van der Waals surface area (Å²) in [6, 6.07) is 17.1. The summed E-state index contributed by atoms with van der Waals surface area (Å²) < 4.78 is 40.2. The number of sulfonamides is 1. The molecule has 0 radical (unpaired) electrons. The number of hydrogen-bond acceptors (Lipinski definition) is 5. The quantitative estimate of drug-likeness (QED) is 0.418. The van der Waals surface area contributed by atoms with E-state index in [9.17, 15) is 8.42 Å². The minimum absolute atomic E-state index is 0.0677. The first-order valence-electron chi connectivity index (χ1n) is 11.7. The Morgan fingerprint density at radius 1 is 0.943 bits per heavy atom. The Morgan fingerprint density at radius 3 is 2.49 bits per heavy atom. The maximum atomic E-state index is 13.3. The first kappa shape index (κ1) is 23.3. The van der Waals surface area contributed by atoms with Crippen molar-refractivity contribution < 1.29 is 17.9 Å². The van der Waals surface area contributed by atoms with Crippen LogP contribution in [0.4, 0.5) is 11.4 Å². The van der Waals surface area contributed by atoms with Crippen LogP contribution in [-0.2, 0) is 10.0 Å². The van der Waals surface area contributed by atoms with E-state index < -0.39 is 10.0 Å². The number of anilines is 2. The summed E-state index contributed by atoms with van der Waals surface area (Å²) in [6.07, 6.45) is 5.30. The lowest BCUT2D eigenvalue weighted by Gasteiger charge is -2.38. The molecule has 0 spiro atoms. The van der Waals surface area contributed by atoms with Crippen molar-refractivity contribution >= 4 is 21.4 Å². The van der Waals surface area contributed by atoms with Crippen molar-refractivity contribution in [3.8, 4) is 11.5 Å². The molecule has 0 aromatic heterocycles. The summed E-state index contributed by atoms with van der Waals surface area (Å²) in [4.78, 5) is 0.265. The second-order valence-corrected chi connectivity index (χ2v) is 10.9. The molecule has 1 aliphatic heterocycles. The van der Waals surface area contributed by atoms with Gasteiger partial charge in [-0.25, -0.2) is 8.42 Å². The van der Waals surface area contributed by atoms with Gasteiger partial charge in [0, 0.05) is 11.6 Å². The van der Waals surface area contributed by atoms with E-state index in [0.717, 1.165) is 34.4 Å². The maximum absolute atomic E-state index is 13.3. The first-order chi connectivity index (χ1) is 16.8. The van der Waals surface area contributed by atoms with Gasteiger partial charge in [-0.2, -0.15) is 0 Å². The van der Waals surface area contributed by atoms with Gasteiger partial charge in [0.05, 0.1) is 30.8 Å². The van der Waals surface area contributed by atoms with E-state index in [-0.39, 0.29) is 22.8 Å². The van der Waals surface area contributed by atoms with Crippen LogP contribution in [0.25, 0.3) is 0 Å². The predicted molar refractivity (Wildman–Crippen MR) is 139 cm³/mol. The van der Waals surface area contributed by atoms with Gasteiger partial charge in [-0.05, 0) is 79.3 Å². The fourth-order valence-electron chi connectivity index (χ4n) is 5.25. The number of hydrogen-bond donors (Lipinski definition) is 2. The second-order valence-electron chi connectivity index (χ2n) is 9.26. The summed E-state index contributed by atoms with van der Waals surface area (Å²) >= 11 is 0. The highest BCUT2D eigenvalue weighted by Gasteiger charge is 2.38. The van der Waals surface area contributed by atoms with Crippen LogP contribution in [0.2, 0.25) is 0 Å². The van der Waals surface area contributed by atoms with Crippen molar-refractivity contribution in [2.45, 2.75) is 37.1 Å². The fraction of sp³-hybridized carbons (Fsp3) is 0.286. The first-order valence-corrected chi connectivity index (χ1v) is 13.2. The summed E-state index contributed by atoms with van der Waals surface area (Å²) in [5.74, 6) is 1.78. The van der Waals surface area contributed by atoms with Crippen LogP contribution >= 0.6 is 0 Å². The number of ether oxygens (including phenoxy) is 2. The van der Waals surface area contributed by atoms with Crippen LogP contribution in [0.3, 0.4) is 0 Å². The average Bonchev–Trinajstić information content (AvgIpc) is 3.35.